The lowest BCUT2D eigenvalue weighted by Gasteiger charge is -2.30. The van der Waals surface area contributed by atoms with Crippen LogP contribution >= 0.6 is 0 Å². The molecular formula is C45H64N3O13S2+. The van der Waals surface area contributed by atoms with E-state index >= 15 is 0 Å². The van der Waals surface area contributed by atoms with Crippen LogP contribution in [0.5, 0.6) is 0 Å². The molecule has 0 radical (unpaired) electrons. The SMILES string of the molecule is COCCCC(=O)c1ccc2c(c1)C(C)(CCCS(=O)(=O)O)/C(=C\C=C\C1=[N+](CCCCCC(=O)O)c3ccc(C(=O)NCCOC)cc3C1(C)CCCS(=O)(=O)O)N2CCOC. The quantitative estimate of drug-likeness (QED) is 0.0339. The minimum Gasteiger partial charge on any atom is -0.481 e. The predicted molar refractivity (Wildman–Crippen MR) is 241 cm³/mol. The number of aliphatic carboxylic acids is 1. The first kappa shape index (κ1) is 51.3. The molecule has 63 heavy (non-hydrogen) atoms. The van der Waals surface area contributed by atoms with Gasteiger partial charge in [-0.1, -0.05) is 6.08 Å². The molecule has 0 spiro atoms. The molecule has 4 N–H and O–H groups in total. The van der Waals surface area contributed by atoms with E-state index in [4.69, 9.17) is 14.2 Å². The topological polar surface area (TPSA) is 226 Å². The van der Waals surface area contributed by atoms with Crippen LogP contribution in [-0.4, -0.2) is 131 Å². The number of ether oxygens (including phenoxy) is 3. The maximum atomic E-state index is 13.4. The van der Waals surface area contributed by atoms with Gasteiger partial charge in [-0.3, -0.25) is 23.5 Å². The zero-order valence-corrected chi connectivity index (χ0v) is 38.7. The van der Waals surface area contributed by atoms with Crippen LogP contribution in [0.1, 0.15) is 110 Å². The summed E-state index contributed by atoms with van der Waals surface area (Å²) in [4.78, 5) is 40.1. The second kappa shape index (κ2) is 23.1. The summed E-state index contributed by atoms with van der Waals surface area (Å²) in [6, 6.07) is 10.9. The molecule has 0 aromatic heterocycles. The van der Waals surface area contributed by atoms with Crippen molar-refractivity contribution < 1.29 is 64.2 Å². The van der Waals surface area contributed by atoms with Crippen molar-refractivity contribution in [3.8, 4) is 0 Å². The van der Waals surface area contributed by atoms with Crippen LogP contribution in [0.3, 0.4) is 0 Å². The number of amides is 1. The van der Waals surface area contributed by atoms with E-state index in [1.54, 1.807) is 26.4 Å². The number of nitrogens with zero attached hydrogens (tertiary/aromatic N) is 2. The monoisotopic (exact) mass is 918 g/mol. The van der Waals surface area contributed by atoms with Crippen LogP contribution < -0.4 is 10.2 Å². The Morgan fingerprint density at radius 2 is 1.40 bits per heavy atom. The van der Waals surface area contributed by atoms with Gasteiger partial charge in [-0.05, 0) is 101 Å². The van der Waals surface area contributed by atoms with E-state index < -0.39 is 48.5 Å². The van der Waals surface area contributed by atoms with E-state index in [2.05, 4.69) is 14.8 Å². The number of fused-ring (bicyclic) bond motifs is 2. The number of unbranched alkanes of at least 4 members (excludes halogenated alkanes) is 2. The Kier molecular flexibility index (Phi) is 18.8. The number of carboxylic acid groups (broad SMARTS) is 1. The Morgan fingerprint density at radius 1 is 0.762 bits per heavy atom. The Bertz CT molecular complexity index is 2270. The number of ketones is 1. The third kappa shape index (κ3) is 13.8. The van der Waals surface area contributed by atoms with Gasteiger partial charge < -0.3 is 29.5 Å². The van der Waals surface area contributed by atoms with E-state index in [9.17, 15) is 45.4 Å². The molecule has 18 heteroatoms. The zero-order chi connectivity index (χ0) is 46.4. The Labute approximate surface area is 371 Å². The molecule has 0 aliphatic carbocycles. The molecule has 2 atom stereocenters. The molecule has 0 bridgehead atoms. The third-order valence-electron chi connectivity index (χ3n) is 11.9. The van der Waals surface area contributed by atoms with Crippen LogP contribution in [0.2, 0.25) is 0 Å². The number of rotatable bonds is 28. The summed E-state index contributed by atoms with van der Waals surface area (Å²) < 4.78 is 85.2. The maximum Gasteiger partial charge on any atom is 0.303 e. The normalized spacial score (nSPS) is 19.3. The lowest BCUT2D eigenvalue weighted by molar-refractivity contribution is -0.438. The summed E-state index contributed by atoms with van der Waals surface area (Å²) in [5.41, 5.74) is 4.02. The molecule has 0 saturated carbocycles. The average molecular weight is 919 g/mol. The first-order valence-electron chi connectivity index (χ1n) is 21.3. The number of Topliss-reactive ketones (excluding diaryl/α,β-unsaturated/α-hetero) is 1. The Hall–Kier alpha value is -4.30. The molecule has 0 fully saturated rings. The van der Waals surface area contributed by atoms with Crippen molar-refractivity contribution in [1.29, 1.82) is 0 Å². The van der Waals surface area contributed by atoms with Gasteiger partial charge in [0.1, 0.15) is 6.54 Å². The fourth-order valence-corrected chi connectivity index (χ4v) is 9.69. The van der Waals surface area contributed by atoms with Crippen LogP contribution in [0.25, 0.3) is 0 Å². The highest BCUT2D eigenvalue weighted by Gasteiger charge is 2.48. The summed E-state index contributed by atoms with van der Waals surface area (Å²) in [5.74, 6) is -2.18. The Morgan fingerprint density at radius 3 is 2.03 bits per heavy atom. The minimum atomic E-state index is -4.30. The first-order chi connectivity index (χ1) is 29.8. The number of allylic oxidation sites excluding steroid dienone is 4. The Balaban J connectivity index is 1.90. The van der Waals surface area contributed by atoms with Crippen molar-refractivity contribution in [3.63, 3.8) is 0 Å². The number of nitrogens with one attached hydrogen (secondary N) is 1. The van der Waals surface area contributed by atoms with Crippen molar-refractivity contribution in [3.05, 3.63) is 82.6 Å². The fraction of sp³-hybridized carbons (Fsp3) is 0.556. The summed E-state index contributed by atoms with van der Waals surface area (Å²) >= 11 is 0. The van der Waals surface area contributed by atoms with Gasteiger partial charge in [0.15, 0.2) is 11.5 Å². The van der Waals surface area contributed by atoms with Crippen LogP contribution in [0.4, 0.5) is 11.4 Å². The van der Waals surface area contributed by atoms with Crippen molar-refractivity contribution >= 4 is 55.0 Å². The summed E-state index contributed by atoms with van der Waals surface area (Å²) in [5, 5.41) is 12.1. The summed E-state index contributed by atoms with van der Waals surface area (Å²) in [6.07, 6.45) is 9.17. The summed E-state index contributed by atoms with van der Waals surface area (Å²) in [6.45, 7) is 6.26. The molecule has 2 heterocycles. The van der Waals surface area contributed by atoms with Crippen molar-refractivity contribution in [2.24, 2.45) is 0 Å². The smallest absolute Gasteiger partial charge is 0.303 e. The fourth-order valence-electron chi connectivity index (χ4n) is 8.67. The molecule has 2 aromatic rings. The lowest BCUT2D eigenvalue weighted by Crippen LogP contribution is -2.33. The molecule has 2 aliphatic heterocycles. The van der Waals surface area contributed by atoms with Crippen molar-refractivity contribution in [2.75, 3.05) is 77.2 Å². The minimum absolute atomic E-state index is 0.0317. The lowest BCUT2D eigenvalue weighted by atomic mass is 9.75. The molecule has 16 nitrogen and oxygen atoms in total. The van der Waals surface area contributed by atoms with Gasteiger partial charge >= 0.3 is 5.97 Å². The molecular weight excluding hydrogens is 855 g/mol. The number of carbonyl (C=O) groups excluding carboxylic acids is 2. The highest BCUT2D eigenvalue weighted by Crippen LogP contribution is 2.51. The van der Waals surface area contributed by atoms with Gasteiger partial charge in [0.05, 0.1) is 30.1 Å². The van der Waals surface area contributed by atoms with E-state index in [0.717, 1.165) is 33.9 Å². The van der Waals surface area contributed by atoms with Gasteiger partial charge in [0.2, 0.25) is 5.69 Å². The van der Waals surface area contributed by atoms with Crippen LogP contribution in [0.15, 0.2) is 60.3 Å². The van der Waals surface area contributed by atoms with Crippen molar-refractivity contribution in [1.82, 2.24) is 5.32 Å². The first-order valence-corrected chi connectivity index (χ1v) is 24.5. The second-order valence-corrected chi connectivity index (χ2v) is 19.6. The number of benzene rings is 2. The molecule has 4 rings (SSSR count). The van der Waals surface area contributed by atoms with Gasteiger partial charge in [-0.25, -0.2) is 0 Å². The number of hydrogen-bond donors (Lipinski definition) is 4. The molecule has 2 aliphatic rings. The number of carbonyl (C=O) groups is 3. The standard InChI is InChI=1S/C45H63N3O13S2/c1-44(21-11-29-62(53,54)55)35-31-33(39(49)13-10-26-59-3)17-19-38(35)48(25-28-61-5)41(44)15-9-14-40-45(2,22-12-30-63(56,57)58)36-32-34(43(52)46-23-27-60-4)18-20-37(36)47(40)24-8-6-7-16-42(50)51/h9,14-15,17-20,31-32H,6-8,10-13,16,21-30H2,1-5H3,(H3-,46,50,51,52,53,54,55,56,57,58)/p+1. The van der Waals surface area contributed by atoms with E-state index in [1.165, 1.54) is 7.11 Å². The van der Waals surface area contributed by atoms with Gasteiger partial charge in [0.25, 0.3) is 26.1 Å². The molecule has 0 saturated heterocycles. The van der Waals surface area contributed by atoms with Crippen LogP contribution in [-0.2, 0) is 50.1 Å². The van der Waals surface area contributed by atoms with Gasteiger partial charge in [-0.2, -0.15) is 21.4 Å². The number of carboxylic acids is 1. The molecule has 348 valence electrons. The maximum absolute atomic E-state index is 13.4. The number of anilines is 1. The van der Waals surface area contributed by atoms with E-state index in [1.807, 2.05) is 56.3 Å². The molecule has 2 unspecified atom stereocenters. The second-order valence-electron chi connectivity index (χ2n) is 16.5. The molecule has 2 aromatic carbocycles. The largest absolute Gasteiger partial charge is 0.481 e. The van der Waals surface area contributed by atoms with Gasteiger partial charge in [-0.15, -0.1) is 0 Å². The highest BCUT2D eigenvalue weighted by atomic mass is 32.2. The van der Waals surface area contributed by atoms with Gasteiger partial charge in [0, 0.05) is 106 Å². The van der Waals surface area contributed by atoms with Crippen molar-refractivity contribution in [2.45, 2.75) is 88.9 Å². The third-order valence-corrected chi connectivity index (χ3v) is 13.5. The number of hydrogen-bond acceptors (Lipinski definition) is 11. The molecule has 1 amide bonds. The van der Waals surface area contributed by atoms with Crippen LogP contribution in [0, 0.1) is 0 Å². The van der Waals surface area contributed by atoms with E-state index in [0.29, 0.717) is 82.7 Å². The predicted octanol–water partition coefficient (Wildman–Crippen LogP) is 5.87. The number of methoxy groups -OCH3 is 3. The van der Waals surface area contributed by atoms with E-state index in [-0.39, 0.29) is 43.8 Å². The summed E-state index contributed by atoms with van der Waals surface area (Å²) in [7, 11) is -3.86. The average Bonchev–Trinajstić information content (AvgIpc) is 3.58. The highest BCUT2D eigenvalue weighted by molar-refractivity contribution is 7.86. The zero-order valence-electron chi connectivity index (χ0n) is 37.1.